The van der Waals surface area contributed by atoms with Gasteiger partial charge in [0, 0.05) is 32.2 Å². The van der Waals surface area contributed by atoms with Gasteiger partial charge in [-0.25, -0.2) is 0 Å². The molecule has 0 radical (unpaired) electrons. The summed E-state index contributed by atoms with van der Waals surface area (Å²) in [7, 11) is 1.71. The Balaban J connectivity index is 1.91. The summed E-state index contributed by atoms with van der Waals surface area (Å²) in [6.45, 7) is 4.29. The quantitative estimate of drug-likeness (QED) is 0.622. The molecule has 1 aromatic rings. The zero-order chi connectivity index (χ0) is 13.0. The Bertz CT molecular complexity index is 402. The number of likely N-dealkylation sites (tertiary alicyclic amines) is 1. The molecule has 98 valence electrons. The minimum absolute atomic E-state index is 0.410. The Morgan fingerprint density at radius 3 is 2.83 bits per heavy atom. The van der Waals surface area contributed by atoms with E-state index in [1.165, 1.54) is 5.56 Å². The van der Waals surface area contributed by atoms with Crippen LogP contribution in [0.4, 0.5) is 0 Å². The normalized spacial score (nSPS) is 25.3. The molecule has 3 N–H and O–H groups in total. The summed E-state index contributed by atoms with van der Waals surface area (Å²) >= 11 is 0. The van der Waals surface area contributed by atoms with E-state index in [1.807, 2.05) is 0 Å². The molecule has 0 bridgehead atoms. The van der Waals surface area contributed by atoms with Crippen molar-refractivity contribution < 1.29 is 0 Å². The molecule has 1 fully saturated rings. The molecule has 0 amide bonds. The molecule has 4 heteroatoms. The summed E-state index contributed by atoms with van der Waals surface area (Å²) < 4.78 is 0. The summed E-state index contributed by atoms with van der Waals surface area (Å²) in [5.74, 6) is 0.536. The number of nitrogens with zero attached hydrogens (tertiary/aromatic N) is 2. The van der Waals surface area contributed by atoms with Crippen molar-refractivity contribution in [1.29, 1.82) is 0 Å². The van der Waals surface area contributed by atoms with Crippen molar-refractivity contribution in [2.24, 2.45) is 10.7 Å². The first kappa shape index (κ1) is 12.9. The summed E-state index contributed by atoms with van der Waals surface area (Å²) in [6.07, 6.45) is 1.11. The predicted octanol–water partition coefficient (Wildman–Crippen LogP) is 1.18. The first-order valence-electron chi connectivity index (χ1n) is 6.46. The van der Waals surface area contributed by atoms with Gasteiger partial charge in [-0.05, 0) is 18.9 Å². The van der Waals surface area contributed by atoms with Crippen LogP contribution in [0.3, 0.4) is 0 Å². The number of aliphatic imine (C=N–C) groups is 1. The fourth-order valence-corrected chi connectivity index (χ4v) is 2.51. The van der Waals surface area contributed by atoms with Gasteiger partial charge in [-0.2, -0.15) is 0 Å². The molecule has 18 heavy (non-hydrogen) atoms. The van der Waals surface area contributed by atoms with Gasteiger partial charge in [0.2, 0.25) is 0 Å². The van der Waals surface area contributed by atoms with E-state index in [1.54, 1.807) is 7.05 Å². The summed E-state index contributed by atoms with van der Waals surface area (Å²) in [6, 6.07) is 11.6. The fraction of sp³-hybridized carbons (Fsp3) is 0.500. The summed E-state index contributed by atoms with van der Waals surface area (Å²) in [5, 5.41) is 3.26. The van der Waals surface area contributed by atoms with Gasteiger partial charge < -0.3 is 11.1 Å². The molecule has 2 atom stereocenters. The van der Waals surface area contributed by atoms with Crippen molar-refractivity contribution in [3.05, 3.63) is 35.9 Å². The van der Waals surface area contributed by atoms with E-state index < -0.39 is 0 Å². The maximum Gasteiger partial charge on any atom is 0.188 e. The lowest BCUT2D eigenvalue weighted by atomic mass is 10.2. The molecule has 0 aliphatic carbocycles. The Morgan fingerprint density at radius 2 is 2.17 bits per heavy atom. The van der Waals surface area contributed by atoms with Gasteiger partial charge in [0.1, 0.15) is 0 Å². The zero-order valence-electron chi connectivity index (χ0n) is 11.1. The highest BCUT2D eigenvalue weighted by Gasteiger charge is 2.28. The Kier molecular flexibility index (Phi) is 4.20. The van der Waals surface area contributed by atoms with E-state index >= 15 is 0 Å². The van der Waals surface area contributed by atoms with E-state index in [0.29, 0.717) is 18.0 Å². The number of nitrogens with two attached hydrogens (primary N) is 1. The number of hydrogen-bond donors (Lipinski definition) is 2. The van der Waals surface area contributed by atoms with Gasteiger partial charge in [0.15, 0.2) is 5.96 Å². The minimum Gasteiger partial charge on any atom is -0.370 e. The highest BCUT2D eigenvalue weighted by atomic mass is 15.2. The second kappa shape index (κ2) is 5.87. The lowest BCUT2D eigenvalue weighted by Crippen LogP contribution is -2.41. The SMILES string of the molecule is CN=C(N)NC1CC(C)N(Cc2ccccc2)C1. The molecule has 1 saturated heterocycles. The topological polar surface area (TPSA) is 53.6 Å². The maximum atomic E-state index is 5.72. The number of nitrogens with one attached hydrogen (secondary N) is 1. The van der Waals surface area contributed by atoms with Crippen LogP contribution in [-0.2, 0) is 6.54 Å². The fourth-order valence-electron chi connectivity index (χ4n) is 2.51. The van der Waals surface area contributed by atoms with E-state index in [9.17, 15) is 0 Å². The van der Waals surface area contributed by atoms with Crippen LogP contribution >= 0.6 is 0 Å². The summed E-state index contributed by atoms with van der Waals surface area (Å²) in [5.41, 5.74) is 7.08. The van der Waals surface area contributed by atoms with Crippen LogP contribution in [0.2, 0.25) is 0 Å². The van der Waals surface area contributed by atoms with Gasteiger partial charge in [-0.3, -0.25) is 9.89 Å². The standard InChI is InChI=1S/C14H22N4/c1-11-8-13(17-14(15)16-2)10-18(11)9-12-6-4-3-5-7-12/h3-7,11,13H,8-10H2,1-2H3,(H3,15,16,17). The van der Waals surface area contributed by atoms with Crippen LogP contribution in [0.25, 0.3) is 0 Å². The Morgan fingerprint density at radius 1 is 1.44 bits per heavy atom. The minimum atomic E-state index is 0.410. The molecule has 2 unspecified atom stereocenters. The maximum absolute atomic E-state index is 5.72. The molecule has 1 aliphatic heterocycles. The lowest BCUT2D eigenvalue weighted by molar-refractivity contribution is 0.258. The van der Waals surface area contributed by atoms with E-state index in [0.717, 1.165) is 19.5 Å². The van der Waals surface area contributed by atoms with Crippen molar-refractivity contribution in [3.8, 4) is 0 Å². The van der Waals surface area contributed by atoms with E-state index in [4.69, 9.17) is 5.73 Å². The zero-order valence-corrected chi connectivity index (χ0v) is 11.1. The number of benzene rings is 1. The van der Waals surface area contributed by atoms with Gasteiger partial charge in [-0.1, -0.05) is 30.3 Å². The molecule has 4 nitrogen and oxygen atoms in total. The monoisotopic (exact) mass is 246 g/mol. The van der Waals surface area contributed by atoms with Crippen molar-refractivity contribution >= 4 is 5.96 Å². The average molecular weight is 246 g/mol. The van der Waals surface area contributed by atoms with Crippen LogP contribution in [0.15, 0.2) is 35.3 Å². The second-order valence-electron chi connectivity index (χ2n) is 4.95. The molecule has 0 spiro atoms. The highest BCUT2D eigenvalue weighted by molar-refractivity contribution is 5.78. The van der Waals surface area contributed by atoms with E-state index in [-0.39, 0.29) is 0 Å². The third-order valence-electron chi connectivity index (χ3n) is 3.53. The van der Waals surface area contributed by atoms with Crippen LogP contribution in [0.1, 0.15) is 18.9 Å². The van der Waals surface area contributed by atoms with Gasteiger partial charge in [0.25, 0.3) is 0 Å². The second-order valence-corrected chi connectivity index (χ2v) is 4.95. The molecule has 1 aromatic carbocycles. The molecule has 2 rings (SSSR count). The third kappa shape index (κ3) is 3.23. The molecular weight excluding hydrogens is 224 g/mol. The lowest BCUT2D eigenvalue weighted by Gasteiger charge is -2.20. The molecule has 1 heterocycles. The van der Waals surface area contributed by atoms with Gasteiger partial charge in [-0.15, -0.1) is 0 Å². The van der Waals surface area contributed by atoms with Crippen molar-refractivity contribution in [1.82, 2.24) is 10.2 Å². The smallest absolute Gasteiger partial charge is 0.188 e. The van der Waals surface area contributed by atoms with Crippen molar-refractivity contribution in [2.75, 3.05) is 13.6 Å². The van der Waals surface area contributed by atoms with Crippen molar-refractivity contribution in [3.63, 3.8) is 0 Å². The average Bonchev–Trinajstić information content (AvgIpc) is 2.71. The van der Waals surface area contributed by atoms with Crippen LogP contribution in [-0.4, -0.2) is 36.5 Å². The molecular formula is C14H22N4. The molecule has 0 saturated carbocycles. The Hall–Kier alpha value is -1.55. The van der Waals surface area contributed by atoms with Crippen molar-refractivity contribution in [2.45, 2.75) is 32.0 Å². The molecule has 1 aliphatic rings. The first-order valence-corrected chi connectivity index (χ1v) is 6.46. The Labute approximate surface area is 109 Å². The number of guanidine groups is 1. The van der Waals surface area contributed by atoms with E-state index in [2.05, 4.69) is 52.5 Å². The van der Waals surface area contributed by atoms with Crippen LogP contribution in [0, 0.1) is 0 Å². The largest absolute Gasteiger partial charge is 0.370 e. The van der Waals surface area contributed by atoms with Gasteiger partial charge >= 0.3 is 0 Å². The molecule has 0 aromatic heterocycles. The third-order valence-corrected chi connectivity index (χ3v) is 3.53. The number of hydrogen-bond acceptors (Lipinski definition) is 2. The predicted molar refractivity (Wildman–Crippen MR) is 75.4 cm³/mol. The van der Waals surface area contributed by atoms with Gasteiger partial charge in [0.05, 0.1) is 0 Å². The van der Waals surface area contributed by atoms with Crippen LogP contribution < -0.4 is 11.1 Å². The van der Waals surface area contributed by atoms with Crippen LogP contribution in [0.5, 0.6) is 0 Å². The summed E-state index contributed by atoms with van der Waals surface area (Å²) in [4.78, 5) is 6.43. The first-order chi connectivity index (χ1) is 8.69. The highest BCUT2D eigenvalue weighted by Crippen LogP contribution is 2.19. The number of rotatable bonds is 3.